The van der Waals surface area contributed by atoms with Crippen molar-refractivity contribution in [3.8, 4) is 77.9 Å². The Morgan fingerprint density at radius 2 is 0.481 bits per heavy atom. The van der Waals surface area contributed by atoms with E-state index in [0.717, 1.165) is 6.42 Å². The van der Waals surface area contributed by atoms with E-state index in [-0.39, 0.29) is 0 Å². The topological polar surface area (TPSA) is 0 Å². The summed E-state index contributed by atoms with van der Waals surface area (Å²) in [5.41, 5.74) is 33.9. The predicted octanol–water partition coefficient (Wildman–Crippen LogP) is 21.5. The molecule has 2 aromatic heterocycles. The van der Waals surface area contributed by atoms with Crippen LogP contribution in [-0.2, 0) is 57.8 Å². The molecule has 5 aliphatic rings. The molecule has 0 amide bonds. The van der Waals surface area contributed by atoms with Crippen molar-refractivity contribution in [3.05, 3.63) is 225 Å². The Morgan fingerprint density at radius 3 is 0.861 bits per heavy atom. The molecule has 79 heavy (non-hydrogen) atoms. The normalized spacial score (nSPS) is 15.5. The molecule has 17 rings (SSSR count). The highest BCUT2D eigenvalue weighted by Gasteiger charge is 2.25. The van der Waals surface area contributed by atoms with Crippen LogP contribution in [0.5, 0.6) is 0 Å². The third-order valence-electron chi connectivity index (χ3n) is 19.4. The minimum Gasteiger partial charge on any atom is -0.135 e. The third-order valence-corrected chi connectivity index (χ3v) is 21.8. The lowest BCUT2D eigenvalue weighted by molar-refractivity contribution is 0.686. The van der Waals surface area contributed by atoms with Gasteiger partial charge in [-0.3, -0.25) is 0 Å². The highest BCUT2D eigenvalue weighted by atomic mass is 32.1. The van der Waals surface area contributed by atoms with Crippen LogP contribution in [0.25, 0.3) is 118 Å². The maximum Gasteiger partial charge on any atom is 0.0434 e. The Labute approximate surface area is 472 Å². The average Bonchev–Trinajstić information content (AvgIpc) is 4.30. The molecule has 0 spiro atoms. The molecule has 0 saturated heterocycles. The van der Waals surface area contributed by atoms with Gasteiger partial charge in [0.15, 0.2) is 0 Å². The first-order valence-corrected chi connectivity index (χ1v) is 31.4. The molecule has 2 heteroatoms. The lowest BCUT2D eigenvalue weighted by Crippen LogP contribution is -2.02. The molecule has 0 N–H and O–H groups in total. The number of hydrogen-bond acceptors (Lipinski definition) is 2. The summed E-state index contributed by atoms with van der Waals surface area (Å²) in [6.07, 6.45) is 20.9. The second kappa shape index (κ2) is 18.6. The van der Waals surface area contributed by atoms with Crippen molar-refractivity contribution in [1.29, 1.82) is 0 Å². The van der Waals surface area contributed by atoms with E-state index in [0.29, 0.717) is 0 Å². The van der Waals surface area contributed by atoms with E-state index in [1.165, 1.54) is 254 Å². The van der Waals surface area contributed by atoms with E-state index >= 15 is 0 Å². The first-order chi connectivity index (χ1) is 39.0. The predicted molar refractivity (Wildman–Crippen MR) is 340 cm³/mol. The Balaban J connectivity index is 0.812. The molecule has 0 atom stereocenters. The molecule has 0 saturated carbocycles. The first kappa shape index (κ1) is 46.5. The third kappa shape index (κ3) is 7.95. The SMILES string of the molecule is c1cc2c(cc1-c1ccc3sc4c(-c5ccc6c(c5)-c5cc(-c7cc(-c8ccc9c(c8)CCCC9)cc8c7sc7ccc(-c9ccc%10c(c9)CCCC%10)cc78)ccc5C6)cc(-c5ccc6c(c5)CCCC6)cc4c3c1)CCCC2. The van der Waals surface area contributed by atoms with Crippen molar-refractivity contribution in [2.45, 2.75) is 109 Å². The number of thiophene rings is 2. The number of aryl methyl sites for hydroxylation is 8. The molecular weight excluding hydrogens is 989 g/mol. The Kier molecular flexibility index (Phi) is 11.0. The summed E-state index contributed by atoms with van der Waals surface area (Å²) in [7, 11) is 0. The van der Waals surface area contributed by atoms with Crippen molar-refractivity contribution in [2.24, 2.45) is 0 Å². The molecule has 12 aromatic rings. The fraction of sp³-hybridized carbons (Fsp3) is 0.221. The molecule has 0 unspecified atom stereocenters. The second-order valence-electron chi connectivity index (χ2n) is 24.1. The average molecular weight is 1050 g/mol. The van der Waals surface area contributed by atoms with Crippen LogP contribution in [0.3, 0.4) is 0 Å². The van der Waals surface area contributed by atoms with Crippen LogP contribution in [0.1, 0.15) is 107 Å². The van der Waals surface area contributed by atoms with Crippen LogP contribution in [0, 0.1) is 0 Å². The van der Waals surface area contributed by atoms with E-state index in [4.69, 9.17) is 0 Å². The highest BCUT2D eigenvalue weighted by Crippen LogP contribution is 2.50. The lowest BCUT2D eigenvalue weighted by atomic mass is 9.87. The van der Waals surface area contributed by atoms with Gasteiger partial charge in [0.1, 0.15) is 0 Å². The van der Waals surface area contributed by atoms with Gasteiger partial charge in [0.25, 0.3) is 0 Å². The van der Waals surface area contributed by atoms with Gasteiger partial charge in [-0.1, -0.05) is 109 Å². The quantitative estimate of drug-likeness (QED) is 0.156. The van der Waals surface area contributed by atoms with Crippen molar-refractivity contribution in [3.63, 3.8) is 0 Å². The minimum atomic E-state index is 0.961. The van der Waals surface area contributed by atoms with E-state index < -0.39 is 0 Å². The summed E-state index contributed by atoms with van der Waals surface area (Å²) in [5.74, 6) is 0. The lowest BCUT2D eigenvalue weighted by Gasteiger charge is -2.17. The smallest absolute Gasteiger partial charge is 0.0434 e. The van der Waals surface area contributed by atoms with E-state index in [9.17, 15) is 0 Å². The first-order valence-electron chi connectivity index (χ1n) is 29.8. The van der Waals surface area contributed by atoms with Gasteiger partial charge in [0.2, 0.25) is 0 Å². The van der Waals surface area contributed by atoms with Gasteiger partial charge in [-0.15, -0.1) is 22.7 Å². The second-order valence-corrected chi connectivity index (χ2v) is 26.2. The molecule has 382 valence electrons. The minimum absolute atomic E-state index is 0.961. The van der Waals surface area contributed by atoms with Crippen LogP contribution < -0.4 is 0 Å². The zero-order chi connectivity index (χ0) is 51.7. The standard InChI is InChI=1S/C77H62S2/c1-5-13-50-33-54(21-17-46(50)9-1)58-29-31-74-70(38-58)72-44-64(56-23-19-48-11-3-7-15-52(48)35-56)42-68(76(72)78-74)62-27-25-60-37-61-26-28-63(41-67(61)66(60)40-62)69-43-65(57-24-20-49-12-4-8-16-53(49)36-57)45-73-71-39-59(30-32-75(71)79-77(69)73)55-22-18-47-10-2-6-14-51(47)34-55/h17-36,38-45H,1-16,37H2. The highest BCUT2D eigenvalue weighted by molar-refractivity contribution is 7.26. The van der Waals surface area contributed by atoms with Gasteiger partial charge in [-0.2, -0.15) is 0 Å². The molecule has 0 nitrogen and oxygen atoms in total. The maximum atomic E-state index is 2.56. The Hall–Kier alpha value is -7.36. The molecule has 0 aliphatic heterocycles. The van der Waals surface area contributed by atoms with E-state index in [2.05, 4.69) is 170 Å². The van der Waals surface area contributed by atoms with E-state index in [1.807, 2.05) is 22.7 Å². The summed E-state index contributed by atoms with van der Waals surface area (Å²) in [4.78, 5) is 0. The molecule has 5 aliphatic carbocycles. The van der Waals surface area contributed by atoms with Crippen LogP contribution in [0.2, 0.25) is 0 Å². The maximum absolute atomic E-state index is 2.56. The molecule has 2 heterocycles. The van der Waals surface area contributed by atoms with E-state index in [1.54, 1.807) is 22.3 Å². The molecular formula is C77H62S2. The van der Waals surface area contributed by atoms with Crippen LogP contribution in [-0.4, -0.2) is 0 Å². The zero-order valence-corrected chi connectivity index (χ0v) is 46.6. The molecule has 0 bridgehead atoms. The van der Waals surface area contributed by atoms with Crippen molar-refractivity contribution in [2.75, 3.05) is 0 Å². The van der Waals surface area contributed by atoms with Crippen molar-refractivity contribution < 1.29 is 0 Å². The summed E-state index contributed by atoms with van der Waals surface area (Å²) < 4.78 is 5.48. The van der Waals surface area contributed by atoms with Crippen LogP contribution in [0.4, 0.5) is 0 Å². The largest absolute Gasteiger partial charge is 0.135 e. The number of hydrogen-bond donors (Lipinski definition) is 0. The van der Waals surface area contributed by atoms with Crippen molar-refractivity contribution in [1.82, 2.24) is 0 Å². The number of fused-ring (bicyclic) bond motifs is 13. The Morgan fingerprint density at radius 1 is 0.203 bits per heavy atom. The monoisotopic (exact) mass is 1050 g/mol. The summed E-state index contributed by atoms with van der Waals surface area (Å²) in [6.45, 7) is 0. The van der Waals surface area contributed by atoms with Gasteiger partial charge >= 0.3 is 0 Å². The summed E-state index contributed by atoms with van der Waals surface area (Å²) in [5, 5.41) is 5.48. The van der Waals surface area contributed by atoms with Gasteiger partial charge in [0.05, 0.1) is 0 Å². The Bertz CT molecular complexity index is 4240. The van der Waals surface area contributed by atoms with Crippen LogP contribution in [0.15, 0.2) is 170 Å². The summed E-state index contributed by atoms with van der Waals surface area (Å²) >= 11 is 3.94. The molecule has 0 fully saturated rings. The number of benzene rings is 10. The number of rotatable bonds is 6. The molecule has 10 aromatic carbocycles. The molecule has 0 radical (unpaired) electrons. The van der Waals surface area contributed by atoms with Gasteiger partial charge < -0.3 is 0 Å². The van der Waals surface area contributed by atoms with Crippen LogP contribution >= 0.6 is 22.7 Å². The van der Waals surface area contributed by atoms with Gasteiger partial charge in [-0.05, 0) is 292 Å². The zero-order valence-electron chi connectivity index (χ0n) is 45.0. The fourth-order valence-electron chi connectivity index (χ4n) is 15.0. The van der Waals surface area contributed by atoms with Gasteiger partial charge in [-0.25, -0.2) is 0 Å². The van der Waals surface area contributed by atoms with Crippen molar-refractivity contribution >= 4 is 63.0 Å². The fourth-order valence-corrected chi connectivity index (χ4v) is 17.4. The van der Waals surface area contributed by atoms with Gasteiger partial charge in [0, 0.05) is 51.5 Å². The summed E-state index contributed by atoms with van der Waals surface area (Å²) in [6, 6.07) is 68.8.